The van der Waals surface area contributed by atoms with Crippen molar-refractivity contribution in [1.29, 1.82) is 0 Å². The van der Waals surface area contributed by atoms with Gasteiger partial charge in [-0.2, -0.15) is 0 Å². The molecule has 0 unspecified atom stereocenters. The van der Waals surface area contributed by atoms with Crippen LogP contribution in [0.4, 0.5) is 0 Å². The highest BCUT2D eigenvalue weighted by molar-refractivity contribution is 5.80. The average molecular weight is 300 g/mol. The maximum Gasteiger partial charge on any atom is 0.228 e. The number of carbonyl (C=O) groups is 1. The van der Waals surface area contributed by atoms with E-state index in [1.165, 1.54) is 5.56 Å². The van der Waals surface area contributed by atoms with Gasteiger partial charge in [-0.3, -0.25) is 9.69 Å². The minimum atomic E-state index is 0.0869. The van der Waals surface area contributed by atoms with E-state index < -0.39 is 0 Å². The van der Waals surface area contributed by atoms with Crippen LogP contribution in [0.5, 0.6) is 0 Å². The summed E-state index contributed by atoms with van der Waals surface area (Å²) in [6.45, 7) is 4.69. The molecule has 2 bridgehead atoms. The van der Waals surface area contributed by atoms with Gasteiger partial charge in [0.2, 0.25) is 5.91 Å². The Morgan fingerprint density at radius 2 is 1.91 bits per heavy atom. The van der Waals surface area contributed by atoms with E-state index in [0.717, 1.165) is 52.0 Å². The number of fused-ring (bicyclic) bond motifs is 2. The predicted molar refractivity (Wildman–Crippen MR) is 84.3 cm³/mol. The van der Waals surface area contributed by atoms with E-state index >= 15 is 0 Å². The number of hydrogen-bond acceptors (Lipinski definition) is 3. The molecule has 0 radical (unpaired) electrons. The third-order valence-electron chi connectivity index (χ3n) is 5.22. The first-order valence-corrected chi connectivity index (χ1v) is 8.50. The monoisotopic (exact) mass is 300 g/mol. The lowest BCUT2D eigenvalue weighted by Crippen LogP contribution is -2.45. The van der Waals surface area contributed by atoms with Crippen LogP contribution in [0.15, 0.2) is 30.3 Å². The van der Waals surface area contributed by atoms with Crippen molar-refractivity contribution in [2.75, 3.05) is 26.2 Å². The molecule has 3 aliphatic heterocycles. The van der Waals surface area contributed by atoms with Crippen LogP contribution in [0.2, 0.25) is 0 Å². The Kier molecular flexibility index (Phi) is 3.89. The minimum absolute atomic E-state index is 0.0869. The smallest absolute Gasteiger partial charge is 0.228 e. The number of hydrogen-bond donors (Lipinski definition) is 0. The molecule has 0 spiro atoms. The molecular formula is C18H24N2O2. The SMILES string of the molecule is O=C([C@@H]1C[C@H]2CN(Cc3ccccc3)C[C@@H]1O2)N1CCCC1. The van der Waals surface area contributed by atoms with Gasteiger partial charge in [0.15, 0.2) is 0 Å². The van der Waals surface area contributed by atoms with Crippen LogP contribution in [-0.4, -0.2) is 54.1 Å². The van der Waals surface area contributed by atoms with Crippen LogP contribution in [0.3, 0.4) is 0 Å². The second-order valence-corrected chi connectivity index (χ2v) is 6.85. The maximum atomic E-state index is 12.7. The molecule has 4 rings (SSSR count). The molecule has 0 saturated carbocycles. The number of rotatable bonds is 3. The van der Waals surface area contributed by atoms with Gasteiger partial charge in [-0.05, 0) is 24.8 Å². The normalized spacial score (nSPS) is 31.6. The molecule has 0 N–H and O–H groups in total. The lowest BCUT2D eigenvalue weighted by Gasteiger charge is -2.33. The summed E-state index contributed by atoms with van der Waals surface area (Å²) >= 11 is 0. The van der Waals surface area contributed by atoms with Gasteiger partial charge in [0.25, 0.3) is 0 Å². The van der Waals surface area contributed by atoms with E-state index in [2.05, 4.69) is 40.1 Å². The Balaban J connectivity index is 1.40. The summed E-state index contributed by atoms with van der Waals surface area (Å²) in [5.74, 6) is 0.426. The number of amides is 1. The largest absolute Gasteiger partial charge is 0.371 e. The van der Waals surface area contributed by atoms with Crippen LogP contribution in [-0.2, 0) is 16.1 Å². The Labute approximate surface area is 132 Å². The molecule has 3 heterocycles. The van der Waals surface area contributed by atoms with Crippen LogP contribution in [0.1, 0.15) is 24.8 Å². The van der Waals surface area contributed by atoms with Gasteiger partial charge < -0.3 is 9.64 Å². The Hall–Kier alpha value is -1.39. The molecule has 1 aromatic carbocycles. The van der Waals surface area contributed by atoms with Gasteiger partial charge in [0.05, 0.1) is 18.1 Å². The lowest BCUT2D eigenvalue weighted by atomic mass is 9.99. The second kappa shape index (κ2) is 6.01. The Morgan fingerprint density at radius 3 is 2.68 bits per heavy atom. The number of nitrogens with zero attached hydrogens (tertiary/aromatic N) is 2. The fourth-order valence-electron chi connectivity index (χ4n) is 4.14. The van der Waals surface area contributed by atoms with Crippen molar-refractivity contribution < 1.29 is 9.53 Å². The van der Waals surface area contributed by atoms with E-state index in [9.17, 15) is 4.79 Å². The number of morpholine rings is 1. The number of carbonyl (C=O) groups excluding carboxylic acids is 1. The van der Waals surface area contributed by atoms with Crippen LogP contribution >= 0.6 is 0 Å². The molecule has 1 aromatic rings. The van der Waals surface area contributed by atoms with E-state index in [1.807, 2.05) is 0 Å². The first kappa shape index (κ1) is 14.2. The van der Waals surface area contributed by atoms with E-state index in [4.69, 9.17) is 4.74 Å². The maximum absolute atomic E-state index is 12.7. The molecule has 0 aliphatic carbocycles. The zero-order valence-electron chi connectivity index (χ0n) is 13.0. The van der Waals surface area contributed by atoms with Gasteiger partial charge >= 0.3 is 0 Å². The van der Waals surface area contributed by atoms with E-state index in [0.29, 0.717) is 5.91 Å². The molecule has 4 nitrogen and oxygen atoms in total. The van der Waals surface area contributed by atoms with Crippen molar-refractivity contribution in [2.45, 2.75) is 38.0 Å². The summed E-state index contributed by atoms with van der Waals surface area (Å²) in [6.07, 6.45) is 3.56. The molecule has 3 aliphatic rings. The molecule has 3 fully saturated rings. The summed E-state index contributed by atoms with van der Waals surface area (Å²) < 4.78 is 6.07. The summed E-state index contributed by atoms with van der Waals surface area (Å²) in [6, 6.07) is 10.6. The van der Waals surface area contributed by atoms with Gasteiger partial charge in [-0.25, -0.2) is 0 Å². The lowest BCUT2D eigenvalue weighted by molar-refractivity contribution is -0.137. The fraction of sp³-hybridized carbons (Fsp3) is 0.611. The van der Waals surface area contributed by atoms with E-state index in [1.54, 1.807) is 0 Å². The van der Waals surface area contributed by atoms with Crippen LogP contribution in [0, 0.1) is 5.92 Å². The molecule has 22 heavy (non-hydrogen) atoms. The molecule has 118 valence electrons. The van der Waals surface area contributed by atoms with Gasteiger partial charge in [-0.15, -0.1) is 0 Å². The zero-order valence-corrected chi connectivity index (χ0v) is 13.0. The topological polar surface area (TPSA) is 32.8 Å². The highest BCUT2D eigenvalue weighted by Gasteiger charge is 2.45. The van der Waals surface area contributed by atoms with Crippen molar-refractivity contribution in [3.05, 3.63) is 35.9 Å². The summed E-state index contributed by atoms with van der Waals surface area (Å²) in [7, 11) is 0. The summed E-state index contributed by atoms with van der Waals surface area (Å²) in [5.41, 5.74) is 1.34. The van der Waals surface area contributed by atoms with Crippen molar-refractivity contribution in [3.8, 4) is 0 Å². The first-order chi connectivity index (χ1) is 10.8. The second-order valence-electron chi connectivity index (χ2n) is 6.85. The zero-order chi connectivity index (χ0) is 14.9. The molecule has 3 atom stereocenters. The van der Waals surface area contributed by atoms with Crippen molar-refractivity contribution >= 4 is 5.91 Å². The number of ether oxygens (including phenoxy) is 1. The van der Waals surface area contributed by atoms with Crippen molar-refractivity contribution in [1.82, 2.24) is 9.80 Å². The molecule has 3 saturated heterocycles. The molecule has 1 amide bonds. The third kappa shape index (κ3) is 2.77. The van der Waals surface area contributed by atoms with Crippen LogP contribution in [0.25, 0.3) is 0 Å². The van der Waals surface area contributed by atoms with Gasteiger partial charge in [0.1, 0.15) is 0 Å². The molecular weight excluding hydrogens is 276 g/mol. The standard InChI is InChI=1S/C18H24N2O2/c21-18(20-8-4-5-9-20)16-10-15-12-19(13-17(16)22-15)11-14-6-2-1-3-7-14/h1-3,6-7,15-17H,4-5,8-13H2/t15-,16+,17-/m0/s1. The van der Waals surface area contributed by atoms with Gasteiger partial charge in [-0.1, -0.05) is 30.3 Å². The molecule has 4 heteroatoms. The number of benzene rings is 1. The summed E-state index contributed by atoms with van der Waals surface area (Å²) in [5, 5.41) is 0. The van der Waals surface area contributed by atoms with Gasteiger partial charge in [0, 0.05) is 32.7 Å². The average Bonchev–Trinajstić information content (AvgIpc) is 3.16. The Bertz CT molecular complexity index is 527. The van der Waals surface area contributed by atoms with Crippen molar-refractivity contribution in [2.24, 2.45) is 5.92 Å². The Morgan fingerprint density at radius 1 is 1.14 bits per heavy atom. The number of likely N-dealkylation sites (tertiary alicyclic amines) is 2. The predicted octanol–water partition coefficient (Wildman–Crippen LogP) is 1.90. The van der Waals surface area contributed by atoms with Crippen LogP contribution < -0.4 is 0 Å². The highest BCUT2D eigenvalue weighted by Crippen LogP contribution is 2.34. The van der Waals surface area contributed by atoms with Crippen molar-refractivity contribution in [3.63, 3.8) is 0 Å². The fourth-order valence-corrected chi connectivity index (χ4v) is 4.14. The third-order valence-corrected chi connectivity index (χ3v) is 5.22. The first-order valence-electron chi connectivity index (χ1n) is 8.50. The summed E-state index contributed by atoms with van der Waals surface area (Å²) in [4.78, 5) is 17.2. The van der Waals surface area contributed by atoms with E-state index in [-0.39, 0.29) is 18.1 Å². The highest BCUT2D eigenvalue weighted by atomic mass is 16.5. The quantitative estimate of drug-likeness (QED) is 0.855. The minimum Gasteiger partial charge on any atom is -0.371 e. The molecule has 0 aromatic heterocycles.